The van der Waals surface area contributed by atoms with Crippen molar-refractivity contribution in [2.75, 3.05) is 31.5 Å². The molecule has 1 aromatic heterocycles. The molecule has 0 radical (unpaired) electrons. The number of hydrogen-bond donors (Lipinski definition) is 2. The van der Waals surface area contributed by atoms with Gasteiger partial charge >= 0.3 is 0 Å². The van der Waals surface area contributed by atoms with Crippen molar-refractivity contribution >= 4 is 34.4 Å². The fourth-order valence-corrected chi connectivity index (χ4v) is 4.38. The van der Waals surface area contributed by atoms with E-state index in [1.54, 1.807) is 16.2 Å². The first-order chi connectivity index (χ1) is 12.2. The van der Waals surface area contributed by atoms with Crippen LogP contribution in [-0.4, -0.2) is 36.2 Å². The van der Waals surface area contributed by atoms with E-state index in [0.29, 0.717) is 0 Å². The Balaban J connectivity index is 1.60. The first kappa shape index (κ1) is 18.4. The Hall–Kier alpha value is -1.43. The lowest BCUT2D eigenvalue weighted by Crippen LogP contribution is -3.10. The van der Waals surface area contributed by atoms with Gasteiger partial charge < -0.3 is 15.1 Å². The van der Waals surface area contributed by atoms with Crippen molar-refractivity contribution in [2.24, 2.45) is 0 Å². The quantitative estimate of drug-likeness (QED) is 0.726. The van der Waals surface area contributed by atoms with E-state index < -0.39 is 0 Å². The van der Waals surface area contributed by atoms with Crippen molar-refractivity contribution in [3.8, 4) is 0 Å². The van der Waals surface area contributed by atoms with E-state index in [-0.39, 0.29) is 0 Å². The van der Waals surface area contributed by atoms with Gasteiger partial charge in [-0.3, -0.25) is 0 Å². The minimum absolute atomic E-state index is 0.833. The van der Waals surface area contributed by atoms with Crippen LogP contribution in [0, 0.1) is 6.92 Å². The molecule has 134 valence electrons. The maximum absolute atomic E-state index is 5.75. The Morgan fingerprint density at radius 1 is 1.20 bits per heavy atom. The summed E-state index contributed by atoms with van der Waals surface area (Å²) in [5.74, 6) is 0. The summed E-state index contributed by atoms with van der Waals surface area (Å²) < 4.78 is 0. The highest BCUT2D eigenvalue weighted by Gasteiger charge is 2.17. The van der Waals surface area contributed by atoms with Crippen molar-refractivity contribution in [2.45, 2.75) is 32.7 Å². The molecule has 0 aliphatic carbocycles. The summed E-state index contributed by atoms with van der Waals surface area (Å²) in [5, 5.41) is 6.43. The van der Waals surface area contributed by atoms with Crippen LogP contribution in [0.25, 0.3) is 0 Å². The minimum atomic E-state index is 0.833. The van der Waals surface area contributed by atoms with Gasteiger partial charge in [0.1, 0.15) is 0 Å². The average Bonchev–Trinajstić information content (AvgIpc) is 3.29. The summed E-state index contributed by atoms with van der Waals surface area (Å²) in [6.07, 6.45) is 3.97. The van der Waals surface area contributed by atoms with Crippen LogP contribution in [0.4, 0.5) is 5.69 Å². The van der Waals surface area contributed by atoms with Gasteiger partial charge in [0.05, 0.1) is 26.2 Å². The molecule has 0 saturated carbocycles. The number of nitrogens with zero attached hydrogens (tertiary/aromatic N) is 1. The highest BCUT2D eigenvalue weighted by atomic mass is 32.1. The molecule has 2 aromatic rings. The second-order valence-corrected chi connectivity index (χ2v) is 8.23. The van der Waals surface area contributed by atoms with Crippen molar-refractivity contribution in [1.29, 1.82) is 0 Å². The molecule has 1 aromatic carbocycles. The van der Waals surface area contributed by atoms with E-state index in [1.165, 1.54) is 49.3 Å². The molecule has 1 aliphatic rings. The third-order valence-corrected chi connectivity index (χ3v) is 6.09. The molecule has 1 fully saturated rings. The monoisotopic (exact) mass is 374 g/mol. The number of thiocarbonyl (C=S) groups is 1. The summed E-state index contributed by atoms with van der Waals surface area (Å²) in [4.78, 5) is 5.44. The number of aryl methyl sites for hydroxylation is 1. The van der Waals surface area contributed by atoms with E-state index in [4.69, 9.17) is 12.2 Å². The third-order valence-electron chi connectivity index (χ3n) is 4.87. The van der Waals surface area contributed by atoms with Gasteiger partial charge in [-0.15, -0.1) is 11.3 Å². The van der Waals surface area contributed by atoms with Crippen LogP contribution in [0.5, 0.6) is 0 Å². The molecule has 0 spiro atoms. The summed E-state index contributed by atoms with van der Waals surface area (Å²) in [6.45, 7) is 7.97. The minimum Gasteiger partial charge on any atom is -0.344 e. The van der Waals surface area contributed by atoms with Crippen LogP contribution in [0.2, 0.25) is 0 Å². The second kappa shape index (κ2) is 9.32. The summed E-state index contributed by atoms with van der Waals surface area (Å²) in [5.41, 5.74) is 2.33. The second-order valence-electron chi connectivity index (χ2n) is 6.81. The third kappa shape index (κ3) is 5.53. The number of quaternary nitrogens is 1. The molecule has 2 heterocycles. The Labute approximate surface area is 160 Å². The Bertz CT molecular complexity index is 663. The Morgan fingerprint density at radius 2 is 2.00 bits per heavy atom. The molecule has 3 rings (SSSR count). The summed E-state index contributed by atoms with van der Waals surface area (Å²) >= 11 is 7.55. The topological polar surface area (TPSA) is 19.7 Å². The van der Waals surface area contributed by atoms with Crippen LogP contribution in [0.15, 0.2) is 41.8 Å². The molecule has 0 amide bonds. The van der Waals surface area contributed by atoms with Crippen LogP contribution < -0.4 is 10.2 Å². The number of anilines is 1. The number of hydrogen-bond acceptors (Lipinski definition) is 2. The fraction of sp³-hybridized carbons (Fsp3) is 0.450. The van der Waals surface area contributed by atoms with Gasteiger partial charge in [0.25, 0.3) is 0 Å². The Morgan fingerprint density at radius 3 is 2.72 bits per heavy atom. The van der Waals surface area contributed by atoms with E-state index in [9.17, 15) is 0 Å². The molecule has 5 heteroatoms. The van der Waals surface area contributed by atoms with E-state index in [0.717, 1.165) is 23.9 Å². The molecule has 3 nitrogen and oxygen atoms in total. The largest absolute Gasteiger partial charge is 0.344 e. The molecule has 0 bridgehead atoms. The van der Waals surface area contributed by atoms with E-state index in [1.807, 2.05) is 0 Å². The lowest BCUT2D eigenvalue weighted by Gasteiger charge is -2.26. The highest BCUT2D eigenvalue weighted by molar-refractivity contribution is 7.80. The lowest BCUT2D eigenvalue weighted by molar-refractivity contribution is -0.887. The van der Waals surface area contributed by atoms with Crippen molar-refractivity contribution < 1.29 is 4.90 Å². The molecule has 2 N–H and O–H groups in total. The van der Waals surface area contributed by atoms with Crippen LogP contribution >= 0.6 is 23.6 Å². The summed E-state index contributed by atoms with van der Waals surface area (Å²) in [7, 11) is 0. The van der Waals surface area contributed by atoms with Gasteiger partial charge in [0, 0.05) is 36.4 Å². The molecule has 0 unspecified atom stereocenters. The highest BCUT2D eigenvalue weighted by Crippen LogP contribution is 2.17. The van der Waals surface area contributed by atoms with Crippen molar-refractivity contribution in [3.05, 3.63) is 52.2 Å². The number of nitrogens with one attached hydrogen (secondary N) is 2. The van der Waals surface area contributed by atoms with E-state index >= 15 is 0 Å². The number of para-hydroxylation sites is 1. The van der Waals surface area contributed by atoms with E-state index in [2.05, 4.69) is 58.9 Å². The zero-order valence-corrected chi connectivity index (χ0v) is 16.6. The maximum Gasteiger partial charge on any atom is 0.173 e. The lowest BCUT2D eigenvalue weighted by atomic mass is 10.2. The molecule has 1 saturated heterocycles. The first-order valence-corrected chi connectivity index (χ1v) is 10.5. The van der Waals surface area contributed by atoms with Crippen LogP contribution in [0.3, 0.4) is 0 Å². The van der Waals surface area contributed by atoms with Crippen LogP contribution in [-0.2, 0) is 6.54 Å². The molecule has 1 aliphatic heterocycles. The first-order valence-electron chi connectivity index (χ1n) is 9.20. The smallest absolute Gasteiger partial charge is 0.173 e. The van der Waals surface area contributed by atoms with Gasteiger partial charge in [0.2, 0.25) is 0 Å². The SMILES string of the molecule is Cc1ccccc1NC(=S)N(CCC[NH+]1CCCC1)Cc1cccs1. The Kier molecular flexibility index (Phi) is 6.84. The predicted octanol–water partition coefficient (Wildman–Crippen LogP) is 3.32. The number of thiophene rings is 1. The standard InChI is InChI=1S/C20H27N3S2/c1-17-8-2-3-10-19(17)21-20(24)23(16-18-9-6-15-25-18)14-7-13-22-11-4-5-12-22/h2-3,6,8-10,15H,4-5,7,11-14,16H2,1H3,(H,21,24)/p+1. The fourth-order valence-electron chi connectivity index (χ4n) is 3.40. The molecule has 0 atom stereocenters. The molecular formula is C20H28N3S2+. The van der Waals surface area contributed by atoms with Crippen molar-refractivity contribution in [1.82, 2.24) is 4.90 Å². The number of benzene rings is 1. The van der Waals surface area contributed by atoms with Gasteiger partial charge in [-0.2, -0.15) is 0 Å². The van der Waals surface area contributed by atoms with Gasteiger partial charge in [0.15, 0.2) is 5.11 Å². The zero-order valence-electron chi connectivity index (χ0n) is 15.0. The van der Waals surface area contributed by atoms with Crippen LogP contribution in [0.1, 0.15) is 29.7 Å². The van der Waals surface area contributed by atoms with Gasteiger partial charge in [-0.1, -0.05) is 24.3 Å². The van der Waals surface area contributed by atoms with Gasteiger partial charge in [-0.25, -0.2) is 0 Å². The number of likely N-dealkylation sites (tertiary alicyclic amines) is 1. The predicted molar refractivity (Wildman–Crippen MR) is 112 cm³/mol. The zero-order chi connectivity index (χ0) is 17.5. The average molecular weight is 375 g/mol. The summed E-state index contributed by atoms with van der Waals surface area (Å²) in [6, 6.07) is 12.6. The maximum atomic E-state index is 5.75. The molecule has 25 heavy (non-hydrogen) atoms. The van der Waals surface area contributed by atoms with Gasteiger partial charge in [-0.05, 0) is 42.2 Å². The van der Waals surface area contributed by atoms with Crippen molar-refractivity contribution in [3.63, 3.8) is 0 Å². The normalized spacial score (nSPS) is 14.6. The molecular weight excluding hydrogens is 346 g/mol. The number of rotatable bonds is 7.